The monoisotopic (exact) mass is 514 g/mol. The van der Waals surface area contributed by atoms with Gasteiger partial charge in [0.25, 0.3) is 0 Å². The number of sulfonamides is 1. The Hall–Kier alpha value is -3.91. The number of nitrogens with one attached hydrogen (secondary N) is 1. The van der Waals surface area contributed by atoms with E-state index >= 15 is 0 Å². The van der Waals surface area contributed by atoms with Crippen LogP contribution < -0.4 is 14.4 Å². The van der Waals surface area contributed by atoms with Crippen molar-refractivity contribution in [3.63, 3.8) is 0 Å². The van der Waals surface area contributed by atoms with E-state index in [2.05, 4.69) is 15.3 Å². The van der Waals surface area contributed by atoms with Crippen molar-refractivity contribution < 1.29 is 13.2 Å². The lowest BCUT2D eigenvalue weighted by Gasteiger charge is -2.28. The SMILES string of the molecule is CS(=O)(=O)N(c1ccc(Nc2cc(-c3ccccc3OCc3ccccc3)ncn2)cc1)C1CCCC1. The van der Waals surface area contributed by atoms with Gasteiger partial charge in [0.15, 0.2) is 0 Å². The Kier molecular flexibility index (Phi) is 7.37. The van der Waals surface area contributed by atoms with Gasteiger partial charge in [-0.25, -0.2) is 18.4 Å². The molecule has 0 radical (unpaired) electrons. The Morgan fingerprint density at radius 3 is 2.35 bits per heavy atom. The highest BCUT2D eigenvalue weighted by molar-refractivity contribution is 7.92. The molecule has 0 bridgehead atoms. The van der Waals surface area contributed by atoms with Crippen molar-refractivity contribution in [1.29, 1.82) is 0 Å². The molecular formula is C29H30N4O3S. The zero-order valence-electron chi connectivity index (χ0n) is 20.7. The van der Waals surface area contributed by atoms with Gasteiger partial charge >= 0.3 is 0 Å². The molecule has 1 saturated carbocycles. The van der Waals surface area contributed by atoms with E-state index < -0.39 is 10.0 Å². The number of hydrogen-bond acceptors (Lipinski definition) is 6. The molecule has 1 aliphatic rings. The van der Waals surface area contributed by atoms with Gasteiger partial charge in [-0.15, -0.1) is 0 Å². The molecule has 0 spiro atoms. The van der Waals surface area contributed by atoms with Crippen LogP contribution in [0.25, 0.3) is 11.3 Å². The van der Waals surface area contributed by atoms with E-state index in [0.717, 1.165) is 53.9 Å². The van der Waals surface area contributed by atoms with Gasteiger partial charge in [0.2, 0.25) is 10.0 Å². The first-order chi connectivity index (χ1) is 18.0. The molecule has 190 valence electrons. The third kappa shape index (κ3) is 6.09. The molecule has 0 atom stereocenters. The van der Waals surface area contributed by atoms with Crippen molar-refractivity contribution in [2.45, 2.75) is 38.3 Å². The first-order valence-electron chi connectivity index (χ1n) is 12.4. The Morgan fingerprint density at radius 1 is 0.919 bits per heavy atom. The molecule has 3 aromatic carbocycles. The van der Waals surface area contributed by atoms with Crippen LogP contribution in [0.2, 0.25) is 0 Å². The summed E-state index contributed by atoms with van der Waals surface area (Å²) >= 11 is 0. The molecule has 7 nitrogen and oxygen atoms in total. The highest BCUT2D eigenvalue weighted by atomic mass is 32.2. The molecule has 1 aromatic heterocycles. The first-order valence-corrected chi connectivity index (χ1v) is 14.3. The molecule has 0 saturated heterocycles. The molecule has 4 aromatic rings. The number of nitrogens with zero attached hydrogens (tertiary/aromatic N) is 3. The van der Waals surface area contributed by atoms with Crippen LogP contribution in [0.3, 0.4) is 0 Å². The molecule has 0 aliphatic heterocycles. The quantitative estimate of drug-likeness (QED) is 0.287. The van der Waals surface area contributed by atoms with Gasteiger partial charge in [-0.2, -0.15) is 0 Å². The van der Waals surface area contributed by atoms with Gasteiger partial charge in [0.05, 0.1) is 17.6 Å². The van der Waals surface area contributed by atoms with E-state index in [4.69, 9.17) is 4.74 Å². The zero-order valence-corrected chi connectivity index (χ0v) is 21.6. The normalized spacial score (nSPS) is 13.9. The average Bonchev–Trinajstić information content (AvgIpc) is 3.43. The largest absolute Gasteiger partial charge is 0.488 e. The number of hydrogen-bond donors (Lipinski definition) is 1. The summed E-state index contributed by atoms with van der Waals surface area (Å²) in [5.74, 6) is 1.37. The second-order valence-corrected chi connectivity index (χ2v) is 11.1. The van der Waals surface area contributed by atoms with E-state index in [0.29, 0.717) is 18.1 Å². The maximum atomic E-state index is 12.5. The summed E-state index contributed by atoms with van der Waals surface area (Å²) in [7, 11) is -3.36. The van der Waals surface area contributed by atoms with Crippen LogP contribution in [0, 0.1) is 0 Å². The van der Waals surface area contributed by atoms with Gasteiger partial charge in [-0.05, 0) is 54.8 Å². The van der Waals surface area contributed by atoms with Crippen LogP contribution in [-0.4, -0.2) is 30.7 Å². The smallest absolute Gasteiger partial charge is 0.232 e. The third-order valence-corrected chi connectivity index (χ3v) is 7.70. The van der Waals surface area contributed by atoms with Crippen LogP contribution in [0.4, 0.5) is 17.2 Å². The predicted molar refractivity (Wildman–Crippen MR) is 148 cm³/mol. The van der Waals surface area contributed by atoms with Crippen molar-refractivity contribution in [1.82, 2.24) is 9.97 Å². The van der Waals surface area contributed by atoms with Gasteiger partial charge in [0, 0.05) is 23.4 Å². The fraction of sp³-hybridized carbons (Fsp3) is 0.241. The molecule has 1 heterocycles. The number of benzene rings is 3. The van der Waals surface area contributed by atoms with E-state index in [1.165, 1.54) is 12.6 Å². The van der Waals surface area contributed by atoms with Gasteiger partial charge in [-0.1, -0.05) is 55.3 Å². The summed E-state index contributed by atoms with van der Waals surface area (Å²) in [5, 5.41) is 3.31. The van der Waals surface area contributed by atoms with Gasteiger partial charge < -0.3 is 10.1 Å². The summed E-state index contributed by atoms with van der Waals surface area (Å²) < 4.78 is 32.7. The zero-order chi connectivity index (χ0) is 25.7. The molecule has 8 heteroatoms. The minimum atomic E-state index is -3.36. The maximum Gasteiger partial charge on any atom is 0.232 e. The van der Waals surface area contributed by atoms with Crippen molar-refractivity contribution in [3.05, 3.63) is 96.8 Å². The molecule has 1 fully saturated rings. The predicted octanol–water partition coefficient (Wildman–Crippen LogP) is 6.17. The van der Waals surface area contributed by atoms with Crippen LogP contribution in [0.15, 0.2) is 91.3 Å². The lowest BCUT2D eigenvalue weighted by molar-refractivity contribution is 0.307. The molecule has 1 aliphatic carbocycles. The Bertz CT molecular complexity index is 1440. The minimum absolute atomic E-state index is 0.0300. The number of para-hydroxylation sites is 1. The molecule has 37 heavy (non-hydrogen) atoms. The molecule has 1 N–H and O–H groups in total. The van der Waals surface area contributed by atoms with E-state index in [1.54, 1.807) is 4.31 Å². The Morgan fingerprint density at radius 2 is 1.62 bits per heavy atom. The molecular weight excluding hydrogens is 484 g/mol. The number of anilines is 3. The number of rotatable bonds is 9. The van der Waals surface area contributed by atoms with Crippen LogP contribution in [0.5, 0.6) is 5.75 Å². The van der Waals surface area contributed by atoms with Crippen LogP contribution >= 0.6 is 0 Å². The lowest BCUT2D eigenvalue weighted by atomic mass is 10.1. The maximum absolute atomic E-state index is 12.5. The highest BCUT2D eigenvalue weighted by Crippen LogP contribution is 2.33. The van der Waals surface area contributed by atoms with Crippen LogP contribution in [-0.2, 0) is 16.6 Å². The van der Waals surface area contributed by atoms with Crippen molar-refractivity contribution >= 4 is 27.2 Å². The van der Waals surface area contributed by atoms with E-state index in [-0.39, 0.29) is 6.04 Å². The Balaban J connectivity index is 1.33. The van der Waals surface area contributed by atoms with E-state index in [1.807, 2.05) is 84.9 Å². The fourth-order valence-corrected chi connectivity index (χ4v) is 6.02. The molecule has 0 unspecified atom stereocenters. The molecule has 5 rings (SSSR count). The van der Waals surface area contributed by atoms with Crippen LogP contribution in [0.1, 0.15) is 31.2 Å². The number of ether oxygens (including phenoxy) is 1. The molecule has 0 amide bonds. The summed E-state index contributed by atoms with van der Waals surface area (Å²) in [6.07, 6.45) is 6.72. The van der Waals surface area contributed by atoms with Crippen molar-refractivity contribution in [3.8, 4) is 17.0 Å². The first kappa shape index (κ1) is 24.8. The fourth-order valence-electron chi connectivity index (χ4n) is 4.76. The van der Waals surface area contributed by atoms with Gasteiger partial charge in [-0.3, -0.25) is 4.31 Å². The van der Waals surface area contributed by atoms with Crippen molar-refractivity contribution in [2.75, 3.05) is 15.9 Å². The summed E-state index contributed by atoms with van der Waals surface area (Å²) in [6, 6.07) is 27.2. The summed E-state index contributed by atoms with van der Waals surface area (Å²) in [6.45, 7) is 0.464. The average molecular weight is 515 g/mol. The van der Waals surface area contributed by atoms with Gasteiger partial charge in [0.1, 0.15) is 24.5 Å². The lowest BCUT2D eigenvalue weighted by Crippen LogP contribution is -2.38. The number of aromatic nitrogens is 2. The summed E-state index contributed by atoms with van der Waals surface area (Å²) in [4.78, 5) is 8.84. The second-order valence-electron chi connectivity index (χ2n) is 9.23. The summed E-state index contributed by atoms with van der Waals surface area (Å²) in [5.41, 5.74) is 4.20. The second kappa shape index (κ2) is 11.0. The minimum Gasteiger partial charge on any atom is -0.488 e. The third-order valence-electron chi connectivity index (χ3n) is 6.48. The van der Waals surface area contributed by atoms with E-state index in [9.17, 15) is 8.42 Å². The Labute approximate surface area is 218 Å². The standard InChI is InChI=1S/C29H30N4O3S/c1-37(34,35)33(24-11-5-6-12-24)25-17-15-23(16-18-25)32-29-19-27(30-21-31-29)26-13-7-8-14-28(26)36-20-22-9-3-2-4-10-22/h2-4,7-10,13-19,21,24H,5-6,11-12,20H2,1H3,(H,30,31,32). The highest BCUT2D eigenvalue weighted by Gasteiger charge is 2.29. The van der Waals surface area contributed by atoms with Crippen molar-refractivity contribution in [2.24, 2.45) is 0 Å². The topological polar surface area (TPSA) is 84.4 Å².